The predicted octanol–water partition coefficient (Wildman–Crippen LogP) is 4.91. The summed E-state index contributed by atoms with van der Waals surface area (Å²) in [5, 5.41) is 36.7. The Bertz CT molecular complexity index is 1590. The van der Waals surface area contributed by atoms with Crippen LogP contribution in [0.25, 0.3) is 0 Å². The normalized spacial score (nSPS) is 34.4. The topological polar surface area (TPSA) is 142 Å². The lowest BCUT2D eigenvalue weighted by Gasteiger charge is -2.60. The molecule has 4 aliphatic carbocycles. The first-order chi connectivity index (χ1) is 21.3. The molecule has 6 N–H and O–H groups in total. The molecule has 2 unspecified atom stereocenters. The van der Waals surface area contributed by atoms with Crippen molar-refractivity contribution in [3.05, 3.63) is 82.7 Å². The van der Waals surface area contributed by atoms with Gasteiger partial charge in [0.15, 0.2) is 17.9 Å². The summed E-state index contributed by atoms with van der Waals surface area (Å²) in [6, 6.07) is 10.4. The number of aliphatic hydroxyl groups excluding tert-OH is 3. The van der Waals surface area contributed by atoms with Gasteiger partial charge in [-0.05, 0) is 86.8 Å². The molecule has 3 saturated carbocycles. The highest BCUT2D eigenvalue weighted by atomic mass is 19.1. The van der Waals surface area contributed by atoms with E-state index in [1.165, 1.54) is 0 Å². The monoisotopic (exact) mass is 618 g/mol. The number of aryl methyl sites for hydroxylation is 1. The number of allylic oxidation sites excluding steroid dienone is 4. The number of carbonyl (C=O) groups excluding carboxylic acids is 2. The molecule has 6 rings (SSSR count). The van der Waals surface area contributed by atoms with Gasteiger partial charge >= 0.3 is 0 Å². The van der Waals surface area contributed by atoms with E-state index in [1.54, 1.807) is 49.4 Å². The van der Waals surface area contributed by atoms with Crippen molar-refractivity contribution in [2.45, 2.75) is 77.4 Å². The predicted molar refractivity (Wildman–Crippen MR) is 168 cm³/mol. The summed E-state index contributed by atoms with van der Waals surface area (Å²) in [6.07, 6.45) is 5.05. The molecule has 9 heteroatoms. The number of anilines is 2. The lowest BCUT2D eigenvalue weighted by molar-refractivity contribution is -0.244. The average Bonchev–Trinajstić information content (AvgIpc) is 3.28. The van der Waals surface area contributed by atoms with Crippen LogP contribution in [0.2, 0.25) is 0 Å². The van der Waals surface area contributed by atoms with E-state index in [0.29, 0.717) is 29.7 Å². The van der Waals surface area contributed by atoms with Crippen LogP contribution in [0.4, 0.5) is 15.8 Å². The minimum Gasteiger partial charge on any atom is -0.399 e. The molecule has 4 aliphatic rings. The summed E-state index contributed by atoms with van der Waals surface area (Å²) in [5.41, 5.74) is 5.82. The summed E-state index contributed by atoms with van der Waals surface area (Å²) >= 11 is 0. The standard InChI is InChI=1S/C36H43FN2O6/c1-20-7-8-21(18-39-24-6-4-5-23(38)16-24)32(37)30(20)33(44)45-36(29(43)19-40)14-12-27-26-10-9-22-15-25(41)11-13-34(22,2)31(26)28(42)17-35(27,36)3/h4-8,11,13,15-16,26-28,31,33,39-40,42,44H,9-10,12,14,17-19,38H2,1-3H3/t26-,27?,28-,31?,33+,34-,35-,36-/m0/s1. The minimum atomic E-state index is -1.79. The number of benzene rings is 2. The highest BCUT2D eigenvalue weighted by Crippen LogP contribution is 2.68. The van der Waals surface area contributed by atoms with E-state index in [1.807, 2.05) is 19.1 Å². The number of ketones is 2. The molecule has 0 aliphatic heterocycles. The van der Waals surface area contributed by atoms with E-state index in [9.17, 15) is 24.9 Å². The van der Waals surface area contributed by atoms with Gasteiger partial charge in [-0.1, -0.05) is 43.7 Å². The quantitative estimate of drug-likeness (QED) is 0.208. The van der Waals surface area contributed by atoms with Gasteiger partial charge in [-0.3, -0.25) is 9.59 Å². The smallest absolute Gasteiger partial charge is 0.190 e. The van der Waals surface area contributed by atoms with Gasteiger partial charge in [-0.25, -0.2) is 4.39 Å². The molecule has 2 aromatic carbocycles. The van der Waals surface area contributed by atoms with Crippen molar-refractivity contribution in [1.82, 2.24) is 0 Å². The zero-order valence-corrected chi connectivity index (χ0v) is 26.1. The van der Waals surface area contributed by atoms with Crippen LogP contribution in [0.3, 0.4) is 0 Å². The highest BCUT2D eigenvalue weighted by molar-refractivity contribution is 6.01. The largest absolute Gasteiger partial charge is 0.399 e. The Kier molecular flexibility index (Phi) is 8.05. The molecular formula is C36H43FN2O6. The van der Waals surface area contributed by atoms with E-state index in [-0.39, 0.29) is 48.5 Å². The lowest BCUT2D eigenvalue weighted by Crippen LogP contribution is -2.62. The first kappa shape index (κ1) is 31.6. The average molecular weight is 619 g/mol. The third-order valence-corrected chi connectivity index (χ3v) is 11.6. The van der Waals surface area contributed by atoms with Gasteiger partial charge in [0.05, 0.1) is 6.10 Å². The van der Waals surface area contributed by atoms with Crippen LogP contribution in [-0.4, -0.2) is 45.2 Å². The number of ether oxygens (including phenoxy) is 1. The maximum atomic E-state index is 16.1. The molecule has 2 aromatic rings. The van der Waals surface area contributed by atoms with Crippen molar-refractivity contribution in [3.63, 3.8) is 0 Å². The Morgan fingerprint density at radius 3 is 2.73 bits per heavy atom. The van der Waals surface area contributed by atoms with Crippen molar-refractivity contribution in [2.75, 3.05) is 17.7 Å². The van der Waals surface area contributed by atoms with Crippen LogP contribution < -0.4 is 11.1 Å². The molecule has 3 fully saturated rings. The summed E-state index contributed by atoms with van der Waals surface area (Å²) in [6.45, 7) is 4.98. The molecule has 8 nitrogen and oxygen atoms in total. The minimum absolute atomic E-state index is 0.0211. The number of hydrogen-bond acceptors (Lipinski definition) is 8. The van der Waals surface area contributed by atoms with Crippen LogP contribution >= 0.6 is 0 Å². The third-order valence-electron chi connectivity index (χ3n) is 11.6. The first-order valence-electron chi connectivity index (χ1n) is 15.8. The fraction of sp³-hybridized carbons (Fsp3) is 0.500. The van der Waals surface area contributed by atoms with Gasteiger partial charge in [0.25, 0.3) is 0 Å². The van der Waals surface area contributed by atoms with Gasteiger partial charge in [-0.15, -0.1) is 0 Å². The number of nitrogens with two attached hydrogens (primary N) is 1. The lowest BCUT2D eigenvalue weighted by atomic mass is 9.46. The maximum absolute atomic E-state index is 16.1. The SMILES string of the molecule is Cc1ccc(CNc2cccc(N)c2)c(F)c1[C@H](O)O[C@]1(C(=O)CO)CCC2[C@@H]3CCC4=CC(=O)C=C[C@]4(C)C3[C@@H](O)C[C@@]21C. The van der Waals surface area contributed by atoms with Crippen molar-refractivity contribution in [1.29, 1.82) is 0 Å². The van der Waals surface area contributed by atoms with Crippen LogP contribution in [0, 0.1) is 41.3 Å². The number of Topliss-reactive ketones (excluding diaryl/α,β-unsaturated/α-hetero) is 1. The second-order valence-electron chi connectivity index (χ2n) is 13.9. The fourth-order valence-electron chi connectivity index (χ4n) is 9.43. The van der Waals surface area contributed by atoms with E-state index >= 15 is 4.39 Å². The molecular weight excluding hydrogens is 575 g/mol. The Morgan fingerprint density at radius 2 is 2.00 bits per heavy atom. The van der Waals surface area contributed by atoms with Gasteiger partial charge in [0.1, 0.15) is 18.0 Å². The summed E-state index contributed by atoms with van der Waals surface area (Å²) < 4.78 is 22.4. The Balaban J connectivity index is 1.31. The Hall–Kier alpha value is -3.37. The van der Waals surface area contributed by atoms with Crippen LogP contribution in [-0.2, 0) is 20.9 Å². The van der Waals surface area contributed by atoms with E-state index < -0.39 is 47.0 Å². The number of fused-ring (bicyclic) bond motifs is 5. The number of nitrogens with one attached hydrogen (secondary N) is 1. The number of hydrogen-bond donors (Lipinski definition) is 5. The van der Waals surface area contributed by atoms with Crippen LogP contribution in [0.1, 0.15) is 68.9 Å². The zero-order valence-electron chi connectivity index (χ0n) is 26.1. The van der Waals surface area contributed by atoms with Crippen LogP contribution in [0.15, 0.2) is 60.2 Å². The van der Waals surface area contributed by atoms with Gasteiger partial charge in [-0.2, -0.15) is 0 Å². The Labute approximate surface area is 263 Å². The van der Waals surface area contributed by atoms with E-state index in [0.717, 1.165) is 17.7 Å². The summed E-state index contributed by atoms with van der Waals surface area (Å²) in [4.78, 5) is 25.9. The number of carbonyl (C=O) groups is 2. The van der Waals surface area contributed by atoms with Gasteiger partial charge in [0, 0.05) is 45.8 Å². The van der Waals surface area contributed by atoms with Crippen molar-refractivity contribution >= 4 is 22.9 Å². The molecule has 0 heterocycles. The molecule has 8 atom stereocenters. The second kappa shape index (κ2) is 11.5. The zero-order chi connectivity index (χ0) is 32.3. The molecule has 0 bridgehead atoms. The molecule has 45 heavy (non-hydrogen) atoms. The Morgan fingerprint density at radius 1 is 1.22 bits per heavy atom. The van der Waals surface area contributed by atoms with Crippen molar-refractivity contribution in [2.24, 2.45) is 28.6 Å². The number of aliphatic hydroxyl groups is 3. The third kappa shape index (κ3) is 4.95. The molecule has 0 amide bonds. The van der Waals surface area contributed by atoms with Gasteiger partial charge in [0.2, 0.25) is 0 Å². The fourth-order valence-corrected chi connectivity index (χ4v) is 9.43. The van der Waals surface area contributed by atoms with Crippen molar-refractivity contribution < 1.29 is 34.0 Å². The maximum Gasteiger partial charge on any atom is 0.190 e. The molecule has 0 radical (unpaired) electrons. The number of rotatable bonds is 8. The van der Waals surface area contributed by atoms with Crippen molar-refractivity contribution in [3.8, 4) is 0 Å². The summed E-state index contributed by atoms with van der Waals surface area (Å²) in [5.74, 6) is -1.47. The van der Waals surface area contributed by atoms with Crippen LogP contribution in [0.5, 0.6) is 0 Å². The molecule has 0 aromatic heterocycles. The second-order valence-corrected chi connectivity index (χ2v) is 13.9. The molecule has 240 valence electrons. The molecule has 0 spiro atoms. The molecule has 0 saturated heterocycles. The van der Waals surface area contributed by atoms with E-state index in [2.05, 4.69) is 12.2 Å². The van der Waals surface area contributed by atoms with Gasteiger partial charge < -0.3 is 31.1 Å². The highest BCUT2D eigenvalue weighted by Gasteiger charge is 2.69. The summed E-state index contributed by atoms with van der Waals surface area (Å²) in [7, 11) is 0. The first-order valence-corrected chi connectivity index (χ1v) is 15.8. The number of nitrogen functional groups attached to an aromatic ring is 1. The van der Waals surface area contributed by atoms with E-state index in [4.69, 9.17) is 10.5 Å². The number of halogens is 1.